The molecular weight excluding hydrogens is 220 g/mol. The molecule has 0 radical (unpaired) electrons. The van der Waals surface area contributed by atoms with Crippen LogP contribution in [0.15, 0.2) is 41.9 Å². The van der Waals surface area contributed by atoms with Crippen molar-refractivity contribution in [1.82, 2.24) is 19.5 Å². The van der Waals surface area contributed by atoms with Crippen LogP contribution in [-0.2, 0) is 6.54 Å². The minimum atomic E-state index is 0.833. The molecule has 0 fully saturated rings. The van der Waals surface area contributed by atoms with Crippen LogP contribution in [-0.4, -0.2) is 19.5 Å². The van der Waals surface area contributed by atoms with E-state index in [0.717, 1.165) is 12.4 Å². The Bertz CT molecular complexity index is 551. The molecule has 80 valence electrons. The van der Waals surface area contributed by atoms with E-state index in [0.29, 0.717) is 0 Å². The predicted molar refractivity (Wildman–Crippen MR) is 63.2 cm³/mol. The lowest BCUT2D eigenvalue weighted by molar-refractivity contribution is 0.801. The van der Waals surface area contributed by atoms with E-state index in [2.05, 4.69) is 30.3 Å². The van der Waals surface area contributed by atoms with Gasteiger partial charge in [0.2, 0.25) is 0 Å². The van der Waals surface area contributed by atoms with Gasteiger partial charge < -0.3 is 9.55 Å². The molecule has 4 nitrogen and oxygen atoms in total. The molecule has 0 spiro atoms. The third-order valence-electron chi connectivity index (χ3n) is 2.41. The number of aromatic amines is 1. The van der Waals surface area contributed by atoms with Crippen molar-refractivity contribution in [2.24, 2.45) is 0 Å². The monoisotopic (exact) mass is 230 g/mol. The van der Waals surface area contributed by atoms with Gasteiger partial charge in [-0.05, 0) is 10.9 Å². The summed E-state index contributed by atoms with van der Waals surface area (Å²) < 4.78 is 2.05. The third-order valence-corrected chi connectivity index (χ3v) is 3.20. The molecule has 3 aromatic rings. The first-order chi connectivity index (χ1) is 7.93. The Morgan fingerprint density at radius 3 is 3.06 bits per heavy atom. The van der Waals surface area contributed by atoms with E-state index < -0.39 is 0 Å². The summed E-state index contributed by atoms with van der Waals surface area (Å²) in [7, 11) is 0. The fourth-order valence-electron chi connectivity index (χ4n) is 1.64. The Balaban J connectivity index is 1.94. The van der Waals surface area contributed by atoms with Crippen molar-refractivity contribution in [2.75, 3.05) is 0 Å². The summed E-state index contributed by atoms with van der Waals surface area (Å²) in [6, 6.07) is 0. The van der Waals surface area contributed by atoms with Crippen LogP contribution in [0.5, 0.6) is 0 Å². The SMILES string of the molecule is c1cn(Cc2cscc2-c2ncc[nH]2)cn1. The van der Waals surface area contributed by atoms with Gasteiger partial charge in [-0.15, -0.1) is 0 Å². The zero-order chi connectivity index (χ0) is 10.8. The lowest BCUT2D eigenvalue weighted by atomic mass is 10.2. The van der Waals surface area contributed by atoms with Crippen LogP contribution in [0.1, 0.15) is 5.56 Å². The molecule has 0 aromatic carbocycles. The van der Waals surface area contributed by atoms with Crippen molar-refractivity contribution in [3.63, 3.8) is 0 Å². The lowest BCUT2D eigenvalue weighted by Crippen LogP contribution is -1.96. The van der Waals surface area contributed by atoms with Gasteiger partial charge in [0.05, 0.1) is 12.9 Å². The summed E-state index contributed by atoms with van der Waals surface area (Å²) in [4.78, 5) is 11.4. The largest absolute Gasteiger partial charge is 0.345 e. The van der Waals surface area contributed by atoms with Crippen LogP contribution in [0.25, 0.3) is 11.4 Å². The summed E-state index contributed by atoms with van der Waals surface area (Å²) in [6.45, 7) is 0.833. The maximum atomic E-state index is 4.27. The molecule has 0 saturated heterocycles. The van der Waals surface area contributed by atoms with Crippen molar-refractivity contribution >= 4 is 11.3 Å². The maximum absolute atomic E-state index is 4.27. The number of hydrogen-bond acceptors (Lipinski definition) is 3. The molecule has 0 saturated carbocycles. The van der Waals surface area contributed by atoms with Gasteiger partial charge in [0.1, 0.15) is 5.82 Å². The number of nitrogens with one attached hydrogen (secondary N) is 1. The molecule has 0 aliphatic heterocycles. The average molecular weight is 230 g/mol. The molecule has 0 unspecified atom stereocenters. The second kappa shape index (κ2) is 3.94. The molecule has 3 heterocycles. The number of nitrogens with zero attached hydrogens (tertiary/aromatic N) is 3. The highest BCUT2D eigenvalue weighted by molar-refractivity contribution is 7.08. The van der Waals surface area contributed by atoms with Gasteiger partial charge in [0.15, 0.2) is 0 Å². The summed E-state index contributed by atoms with van der Waals surface area (Å²) in [5.74, 6) is 0.927. The van der Waals surface area contributed by atoms with E-state index in [1.54, 1.807) is 23.7 Å². The maximum Gasteiger partial charge on any atom is 0.138 e. The van der Waals surface area contributed by atoms with Crippen molar-refractivity contribution in [3.8, 4) is 11.4 Å². The third kappa shape index (κ3) is 1.65. The Morgan fingerprint density at radius 2 is 2.31 bits per heavy atom. The molecule has 5 heteroatoms. The molecule has 1 N–H and O–H groups in total. The van der Waals surface area contributed by atoms with E-state index in [1.165, 1.54) is 11.1 Å². The number of thiophene rings is 1. The zero-order valence-electron chi connectivity index (χ0n) is 8.50. The van der Waals surface area contributed by atoms with Gasteiger partial charge >= 0.3 is 0 Å². The van der Waals surface area contributed by atoms with Crippen molar-refractivity contribution in [2.45, 2.75) is 6.54 Å². The minimum Gasteiger partial charge on any atom is -0.345 e. The summed E-state index contributed by atoms with van der Waals surface area (Å²) in [5.41, 5.74) is 2.43. The van der Waals surface area contributed by atoms with Gasteiger partial charge in [0.25, 0.3) is 0 Å². The first-order valence-electron chi connectivity index (χ1n) is 4.94. The van der Waals surface area contributed by atoms with Crippen LogP contribution in [0.4, 0.5) is 0 Å². The number of rotatable bonds is 3. The molecule has 0 aliphatic rings. The highest BCUT2D eigenvalue weighted by atomic mass is 32.1. The molecular formula is C11H10N4S. The van der Waals surface area contributed by atoms with Crippen LogP contribution in [0, 0.1) is 0 Å². The molecule has 0 atom stereocenters. The first kappa shape index (κ1) is 9.35. The minimum absolute atomic E-state index is 0.833. The fraction of sp³-hybridized carbons (Fsp3) is 0.0909. The number of H-pyrrole nitrogens is 1. The summed E-state index contributed by atoms with van der Waals surface area (Å²) >= 11 is 1.69. The van der Waals surface area contributed by atoms with E-state index in [-0.39, 0.29) is 0 Å². The Labute approximate surface area is 96.6 Å². The van der Waals surface area contributed by atoms with E-state index in [4.69, 9.17) is 0 Å². The molecule has 3 aromatic heterocycles. The van der Waals surface area contributed by atoms with Crippen LogP contribution < -0.4 is 0 Å². The van der Waals surface area contributed by atoms with E-state index >= 15 is 0 Å². The standard InChI is InChI=1S/C11H10N4S/c1-2-14-11(13-1)10-7-16-6-9(10)5-15-4-3-12-8-15/h1-4,6-8H,5H2,(H,13,14). The Hall–Kier alpha value is -1.88. The lowest BCUT2D eigenvalue weighted by Gasteiger charge is -2.02. The smallest absolute Gasteiger partial charge is 0.138 e. The van der Waals surface area contributed by atoms with Crippen LogP contribution >= 0.6 is 11.3 Å². The van der Waals surface area contributed by atoms with Gasteiger partial charge in [-0.3, -0.25) is 0 Å². The topological polar surface area (TPSA) is 46.5 Å². The highest BCUT2D eigenvalue weighted by Gasteiger charge is 2.08. The van der Waals surface area contributed by atoms with Crippen LogP contribution in [0.2, 0.25) is 0 Å². The molecule has 0 bridgehead atoms. The van der Waals surface area contributed by atoms with Crippen molar-refractivity contribution in [1.29, 1.82) is 0 Å². The highest BCUT2D eigenvalue weighted by Crippen LogP contribution is 2.25. The summed E-state index contributed by atoms with van der Waals surface area (Å²) in [6.07, 6.45) is 9.19. The van der Waals surface area contributed by atoms with Crippen molar-refractivity contribution in [3.05, 3.63) is 47.4 Å². The molecule has 0 amide bonds. The number of aromatic nitrogens is 4. The van der Waals surface area contributed by atoms with Gasteiger partial charge in [-0.1, -0.05) is 0 Å². The second-order valence-electron chi connectivity index (χ2n) is 3.48. The summed E-state index contributed by atoms with van der Waals surface area (Å²) in [5, 5.41) is 4.27. The van der Waals surface area contributed by atoms with Crippen LogP contribution in [0.3, 0.4) is 0 Å². The first-order valence-corrected chi connectivity index (χ1v) is 5.88. The van der Waals surface area contributed by atoms with Gasteiger partial charge in [-0.2, -0.15) is 11.3 Å². The van der Waals surface area contributed by atoms with Gasteiger partial charge in [0, 0.05) is 35.7 Å². The normalized spacial score (nSPS) is 10.8. The number of imidazole rings is 2. The quantitative estimate of drug-likeness (QED) is 0.751. The Kier molecular flexibility index (Phi) is 2.30. The van der Waals surface area contributed by atoms with Crippen molar-refractivity contribution < 1.29 is 0 Å². The molecule has 3 rings (SSSR count). The average Bonchev–Trinajstić information content (AvgIpc) is 2.98. The van der Waals surface area contributed by atoms with E-state index in [1.807, 2.05) is 18.7 Å². The Morgan fingerprint density at radius 1 is 1.31 bits per heavy atom. The number of hydrogen-bond donors (Lipinski definition) is 1. The van der Waals surface area contributed by atoms with E-state index in [9.17, 15) is 0 Å². The zero-order valence-corrected chi connectivity index (χ0v) is 9.31. The molecule has 0 aliphatic carbocycles. The fourth-order valence-corrected chi connectivity index (χ4v) is 2.48. The van der Waals surface area contributed by atoms with Gasteiger partial charge in [-0.25, -0.2) is 9.97 Å². The predicted octanol–water partition coefficient (Wildman–Crippen LogP) is 2.38. The molecule has 16 heavy (non-hydrogen) atoms. The second-order valence-corrected chi connectivity index (χ2v) is 4.23.